The van der Waals surface area contributed by atoms with Crippen LogP contribution in [0.3, 0.4) is 0 Å². The van der Waals surface area contributed by atoms with Gasteiger partial charge in [0.15, 0.2) is 5.15 Å². The summed E-state index contributed by atoms with van der Waals surface area (Å²) in [4.78, 5) is 2.68. The summed E-state index contributed by atoms with van der Waals surface area (Å²) in [6, 6.07) is 1.81. The van der Waals surface area contributed by atoms with E-state index < -0.39 is 25.0 Å². The molecule has 0 aromatic carbocycles. The molecular formula is C5H2Cl2FNO2S. The van der Waals surface area contributed by atoms with Crippen molar-refractivity contribution in [2.45, 2.75) is 4.90 Å². The highest BCUT2D eigenvalue weighted by molar-refractivity contribution is 8.13. The predicted molar refractivity (Wildman–Crippen MR) is 42.2 cm³/mol. The molecule has 3 nitrogen and oxygen atoms in total. The molecule has 0 saturated heterocycles. The predicted octanol–water partition coefficient (Wildman–Crippen LogP) is 1.80. The Kier molecular flexibility index (Phi) is 2.55. The van der Waals surface area contributed by atoms with Crippen molar-refractivity contribution < 1.29 is 12.8 Å². The van der Waals surface area contributed by atoms with Crippen molar-refractivity contribution in [2.75, 3.05) is 0 Å². The van der Waals surface area contributed by atoms with E-state index in [1.165, 1.54) is 0 Å². The van der Waals surface area contributed by atoms with E-state index in [1.54, 1.807) is 0 Å². The zero-order valence-electron chi connectivity index (χ0n) is 5.46. The molecule has 0 aliphatic rings. The summed E-state index contributed by atoms with van der Waals surface area (Å²) in [6.45, 7) is 0. The van der Waals surface area contributed by atoms with Gasteiger partial charge >= 0.3 is 0 Å². The molecule has 12 heavy (non-hydrogen) atoms. The summed E-state index contributed by atoms with van der Waals surface area (Å²) < 4.78 is 33.7. The quantitative estimate of drug-likeness (QED) is 0.545. The van der Waals surface area contributed by atoms with Gasteiger partial charge in [-0.1, -0.05) is 11.6 Å². The van der Waals surface area contributed by atoms with Crippen LogP contribution in [0.25, 0.3) is 0 Å². The lowest BCUT2D eigenvalue weighted by atomic mass is 10.5. The van der Waals surface area contributed by atoms with E-state index >= 15 is 0 Å². The summed E-state index contributed by atoms with van der Waals surface area (Å²) >= 11 is 5.30. The Hall–Kier alpha value is -0.390. The van der Waals surface area contributed by atoms with Crippen LogP contribution in [0.5, 0.6) is 0 Å². The van der Waals surface area contributed by atoms with Gasteiger partial charge in [0.2, 0.25) is 5.95 Å². The van der Waals surface area contributed by atoms with Gasteiger partial charge in [-0.25, -0.2) is 13.4 Å². The van der Waals surface area contributed by atoms with Gasteiger partial charge in [-0.15, -0.1) is 0 Å². The van der Waals surface area contributed by atoms with E-state index in [-0.39, 0.29) is 0 Å². The number of rotatable bonds is 1. The standard InChI is InChI=1S/C5H2Cl2FNO2S/c6-5-3(12(7,10)11)1-2-4(8)9-5/h1-2H. The summed E-state index contributed by atoms with van der Waals surface area (Å²) in [7, 11) is 1.00. The van der Waals surface area contributed by atoms with Gasteiger partial charge in [0.05, 0.1) is 0 Å². The fourth-order valence-corrected chi connectivity index (χ4v) is 2.00. The molecule has 1 aromatic rings. The largest absolute Gasteiger partial charge is 0.264 e. The lowest BCUT2D eigenvalue weighted by Gasteiger charge is -1.97. The number of hydrogen-bond acceptors (Lipinski definition) is 3. The zero-order valence-corrected chi connectivity index (χ0v) is 7.79. The van der Waals surface area contributed by atoms with Crippen LogP contribution in [-0.4, -0.2) is 13.4 Å². The Bertz CT molecular complexity index is 406. The topological polar surface area (TPSA) is 47.0 Å². The Balaban J connectivity index is 3.39. The second-order valence-electron chi connectivity index (χ2n) is 1.86. The first-order valence-electron chi connectivity index (χ1n) is 2.68. The molecule has 0 bridgehead atoms. The number of halogens is 3. The van der Waals surface area contributed by atoms with E-state index in [4.69, 9.17) is 22.3 Å². The third-order valence-corrected chi connectivity index (χ3v) is 2.80. The van der Waals surface area contributed by atoms with Crippen molar-refractivity contribution in [2.24, 2.45) is 0 Å². The molecule has 0 unspecified atom stereocenters. The molecule has 0 fully saturated rings. The summed E-state index contributed by atoms with van der Waals surface area (Å²) in [5.41, 5.74) is 0. The minimum Gasteiger partial charge on any atom is -0.207 e. The van der Waals surface area contributed by atoms with Crippen molar-refractivity contribution in [3.8, 4) is 0 Å². The highest BCUT2D eigenvalue weighted by atomic mass is 35.7. The molecule has 7 heteroatoms. The van der Waals surface area contributed by atoms with Gasteiger partial charge in [0.25, 0.3) is 9.05 Å². The molecule has 0 saturated carbocycles. The summed E-state index contributed by atoms with van der Waals surface area (Å²) in [5, 5.41) is -0.468. The first-order chi connectivity index (χ1) is 5.41. The van der Waals surface area contributed by atoms with Gasteiger partial charge in [-0.2, -0.15) is 4.39 Å². The number of hydrogen-bond donors (Lipinski definition) is 0. The SMILES string of the molecule is O=S(=O)(Cl)c1ccc(F)nc1Cl. The van der Waals surface area contributed by atoms with Gasteiger partial charge in [-0.3, -0.25) is 0 Å². The molecular weight excluding hydrogens is 228 g/mol. The first kappa shape index (κ1) is 9.70. The molecule has 0 aliphatic carbocycles. The Morgan fingerprint density at radius 1 is 1.42 bits per heavy atom. The van der Waals surface area contributed by atoms with Crippen LogP contribution in [0.4, 0.5) is 4.39 Å². The zero-order chi connectivity index (χ0) is 9.35. The molecule has 1 aromatic heterocycles. The molecule has 0 aliphatic heterocycles. The van der Waals surface area contributed by atoms with Crippen molar-refractivity contribution in [3.63, 3.8) is 0 Å². The number of pyridine rings is 1. The average molecular weight is 230 g/mol. The lowest BCUT2D eigenvalue weighted by molar-refractivity contribution is 0.579. The summed E-state index contributed by atoms with van der Waals surface area (Å²) in [6.07, 6.45) is 0. The maximum atomic E-state index is 12.3. The van der Waals surface area contributed by atoms with Crippen LogP contribution in [0, 0.1) is 5.95 Å². The van der Waals surface area contributed by atoms with Gasteiger partial charge in [0.1, 0.15) is 4.90 Å². The Labute approximate surface area is 77.6 Å². The minimum absolute atomic E-state index is 0.396. The molecule has 1 heterocycles. The molecule has 0 radical (unpaired) electrons. The van der Waals surface area contributed by atoms with Crippen LogP contribution >= 0.6 is 22.3 Å². The third-order valence-electron chi connectivity index (χ3n) is 1.04. The summed E-state index contributed by atoms with van der Waals surface area (Å²) in [5.74, 6) is -0.857. The third kappa shape index (κ3) is 2.06. The fourth-order valence-electron chi connectivity index (χ4n) is 0.581. The maximum Gasteiger partial charge on any atom is 0.264 e. The number of aromatic nitrogens is 1. The monoisotopic (exact) mass is 229 g/mol. The molecule has 1 rings (SSSR count). The van der Waals surface area contributed by atoms with Gasteiger partial charge in [0, 0.05) is 10.7 Å². The van der Waals surface area contributed by atoms with Crippen LogP contribution in [0.2, 0.25) is 5.15 Å². The van der Waals surface area contributed by atoms with E-state index in [0.717, 1.165) is 12.1 Å². The molecule has 66 valence electrons. The highest BCUT2D eigenvalue weighted by Gasteiger charge is 2.15. The Morgan fingerprint density at radius 2 is 2.00 bits per heavy atom. The average Bonchev–Trinajstić information content (AvgIpc) is 1.83. The van der Waals surface area contributed by atoms with Crippen LogP contribution in [-0.2, 0) is 9.05 Å². The molecule has 0 atom stereocenters. The number of nitrogens with zero attached hydrogens (tertiary/aromatic N) is 1. The second-order valence-corrected chi connectivity index (χ2v) is 4.75. The van der Waals surface area contributed by atoms with E-state index in [0.29, 0.717) is 0 Å². The van der Waals surface area contributed by atoms with Gasteiger partial charge < -0.3 is 0 Å². The van der Waals surface area contributed by atoms with E-state index in [2.05, 4.69) is 4.98 Å². The van der Waals surface area contributed by atoms with Crippen LogP contribution < -0.4 is 0 Å². The van der Waals surface area contributed by atoms with Crippen molar-refractivity contribution >= 4 is 31.3 Å². The molecule has 0 N–H and O–H groups in total. The molecule has 0 amide bonds. The van der Waals surface area contributed by atoms with E-state index in [1.807, 2.05) is 0 Å². The van der Waals surface area contributed by atoms with Crippen molar-refractivity contribution in [1.29, 1.82) is 0 Å². The molecule has 0 spiro atoms. The second kappa shape index (κ2) is 3.16. The lowest BCUT2D eigenvalue weighted by Crippen LogP contribution is -1.95. The van der Waals surface area contributed by atoms with Crippen LogP contribution in [0.1, 0.15) is 0 Å². The fraction of sp³-hybridized carbons (Fsp3) is 0. The normalized spacial score (nSPS) is 11.6. The minimum atomic E-state index is -3.94. The first-order valence-corrected chi connectivity index (χ1v) is 5.36. The van der Waals surface area contributed by atoms with Gasteiger partial charge in [-0.05, 0) is 12.1 Å². The van der Waals surface area contributed by atoms with Crippen molar-refractivity contribution in [3.05, 3.63) is 23.2 Å². The maximum absolute atomic E-state index is 12.3. The van der Waals surface area contributed by atoms with E-state index in [9.17, 15) is 12.8 Å². The Morgan fingerprint density at radius 3 is 2.42 bits per heavy atom. The highest BCUT2D eigenvalue weighted by Crippen LogP contribution is 2.22. The van der Waals surface area contributed by atoms with Crippen molar-refractivity contribution in [1.82, 2.24) is 4.98 Å². The smallest absolute Gasteiger partial charge is 0.207 e. The van der Waals surface area contributed by atoms with Crippen LogP contribution in [0.15, 0.2) is 17.0 Å².